The van der Waals surface area contributed by atoms with E-state index in [1.54, 1.807) is 4.90 Å². The van der Waals surface area contributed by atoms with E-state index in [1.807, 2.05) is 36.4 Å². The lowest BCUT2D eigenvalue weighted by molar-refractivity contribution is -0.121. The maximum atomic E-state index is 12.6. The Balaban J connectivity index is 1.36. The smallest absolute Gasteiger partial charge is 0.265 e. The van der Waals surface area contributed by atoms with Crippen LogP contribution in [0.1, 0.15) is 20.3 Å². The normalized spacial score (nSPS) is 13.3. The molecule has 168 valence electrons. The quantitative estimate of drug-likeness (QED) is 0.557. The van der Waals surface area contributed by atoms with Crippen LogP contribution in [0.5, 0.6) is 5.75 Å². The van der Waals surface area contributed by atoms with Gasteiger partial charge in [0.2, 0.25) is 5.91 Å². The maximum absolute atomic E-state index is 12.6. The van der Waals surface area contributed by atoms with Crippen LogP contribution in [0.2, 0.25) is 0 Å². The van der Waals surface area contributed by atoms with Gasteiger partial charge in [0.05, 0.1) is 5.69 Å². The molecule has 0 unspecified atom stereocenters. The van der Waals surface area contributed by atoms with E-state index in [2.05, 4.69) is 47.0 Å². The molecule has 1 aliphatic rings. The fourth-order valence-electron chi connectivity index (χ4n) is 4.10. The Kier molecular flexibility index (Phi) is 6.75. The van der Waals surface area contributed by atoms with Gasteiger partial charge in [0.15, 0.2) is 6.61 Å². The summed E-state index contributed by atoms with van der Waals surface area (Å²) in [6.07, 6.45) is 2.31. The minimum Gasteiger partial charge on any atom is -0.482 e. The summed E-state index contributed by atoms with van der Waals surface area (Å²) in [5.41, 5.74) is 2.63. The Labute approximate surface area is 188 Å². The molecule has 2 amide bonds. The summed E-state index contributed by atoms with van der Waals surface area (Å²) in [4.78, 5) is 28.9. The summed E-state index contributed by atoms with van der Waals surface area (Å²) >= 11 is 0. The van der Waals surface area contributed by atoms with Crippen molar-refractivity contribution in [2.24, 2.45) is 0 Å². The van der Waals surface area contributed by atoms with Gasteiger partial charge < -0.3 is 24.4 Å². The van der Waals surface area contributed by atoms with E-state index in [0.717, 1.165) is 42.8 Å². The zero-order valence-corrected chi connectivity index (χ0v) is 18.7. The number of nitrogens with zero attached hydrogens (tertiary/aromatic N) is 3. The molecule has 4 rings (SSSR count). The highest BCUT2D eigenvalue weighted by Crippen LogP contribution is 2.31. The minimum absolute atomic E-state index is 0.000557. The van der Waals surface area contributed by atoms with Crippen LogP contribution in [0.4, 0.5) is 11.4 Å². The van der Waals surface area contributed by atoms with Gasteiger partial charge >= 0.3 is 0 Å². The van der Waals surface area contributed by atoms with Crippen LogP contribution in [0.3, 0.4) is 0 Å². The number of hydrogen-bond acceptors (Lipinski definition) is 4. The summed E-state index contributed by atoms with van der Waals surface area (Å²) < 4.78 is 7.71. The van der Waals surface area contributed by atoms with Crippen molar-refractivity contribution >= 4 is 34.1 Å². The van der Waals surface area contributed by atoms with E-state index in [-0.39, 0.29) is 24.8 Å². The number of rotatable bonds is 9. The van der Waals surface area contributed by atoms with Crippen LogP contribution in [0, 0.1) is 0 Å². The Morgan fingerprint density at radius 2 is 1.91 bits per heavy atom. The molecule has 0 spiro atoms. The molecule has 32 heavy (non-hydrogen) atoms. The van der Waals surface area contributed by atoms with E-state index in [4.69, 9.17) is 4.74 Å². The van der Waals surface area contributed by atoms with Crippen LogP contribution in [0.25, 0.3) is 10.9 Å². The van der Waals surface area contributed by atoms with Gasteiger partial charge in [-0.2, -0.15) is 0 Å². The Bertz CT molecular complexity index is 1100. The van der Waals surface area contributed by atoms with Crippen LogP contribution in [-0.4, -0.2) is 54.1 Å². The first kappa shape index (κ1) is 21.9. The number of aromatic nitrogens is 1. The van der Waals surface area contributed by atoms with E-state index < -0.39 is 0 Å². The van der Waals surface area contributed by atoms with Crippen molar-refractivity contribution in [2.45, 2.75) is 26.8 Å². The number of benzene rings is 2. The van der Waals surface area contributed by atoms with Crippen molar-refractivity contribution in [3.8, 4) is 5.75 Å². The molecule has 1 N–H and O–H groups in total. The van der Waals surface area contributed by atoms with Gasteiger partial charge in [0, 0.05) is 48.8 Å². The van der Waals surface area contributed by atoms with E-state index in [9.17, 15) is 9.59 Å². The summed E-state index contributed by atoms with van der Waals surface area (Å²) in [7, 11) is 0. The molecular formula is C25H30N4O3. The second-order valence-corrected chi connectivity index (χ2v) is 7.91. The SMILES string of the molecule is CCN(CC)CCn1ccc2cc(NC(=O)CCN3C(=O)COc4ccccc43)ccc21. The van der Waals surface area contributed by atoms with Crippen LogP contribution in [-0.2, 0) is 16.1 Å². The van der Waals surface area contributed by atoms with Crippen LogP contribution < -0.4 is 15.0 Å². The largest absolute Gasteiger partial charge is 0.482 e. The Hall–Kier alpha value is -3.32. The van der Waals surface area contributed by atoms with Crippen molar-refractivity contribution in [2.75, 3.05) is 43.0 Å². The highest BCUT2D eigenvalue weighted by molar-refractivity contribution is 5.99. The molecule has 0 aliphatic carbocycles. The summed E-state index contributed by atoms with van der Waals surface area (Å²) in [6.45, 7) is 8.72. The highest BCUT2D eigenvalue weighted by Gasteiger charge is 2.25. The van der Waals surface area contributed by atoms with Gasteiger partial charge in [-0.3, -0.25) is 9.59 Å². The number of amides is 2. The summed E-state index contributed by atoms with van der Waals surface area (Å²) in [5, 5.41) is 4.06. The van der Waals surface area contributed by atoms with Gasteiger partial charge in [-0.1, -0.05) is 26.0 Å². The van der Waals surface area contributed by atoms with E-state index >= 15 is 0 Å². The van der Waals surface area contributed by atoms with Gasteiger partial charge in [0.25, 0.3) is 5.91 Å². The van der Waals surface area contributed by atoms with Gasteiger partial charge in [-0.05, 0) is 49.5 Å². The number of carbonyl (C=O) groups is 2. The Morgan fingerprint density at radius 1 is 1.09 bits per heavy atom. The molecule has 0 fully saturated rings. The second kappa shape index (κ2) is 9.87. The number of ether oxygens (including phenoxy) is 1. The predicted octanol–water partition coefficient (Wildman–Crippen LogP) is 3.74. The molecular weight excluding hydrogens is 404 g/mol. The van der Waals surface area contributed by atoms with Gasteiger partial charge in [-0.25, -0.2) is 0 Å². The topological polar surface area (TPSA) is 66.8 Å². The first-order valence-corrected chi connectivity index (χ1v) is 11.2. The number of carbonyl (C=O) groups excluding carboxylic acids is 2. The molecule has 7 nitrogen and oxygen atoms in total. The molecule has 3 aromatic rings. The fourth-order valence-corrected chi connectivity index (χ4v) is 4.10. The molecule has 2 aromatic carbocycles. The highest BCUT2D eigenvalue weighted by atomic mass is 16.5. The minimum atomic E-state index is -0.135. The standard InChI is InChI=1S/C25H30N4O3/c1-3-27(4-2)15-16-28-13-11-19-17-20(9-10-21(19)28)26-24(30)12-14-29-22-7-5-6-8-23(22)32-18-25(29)31/h5-11,13,17H,3-4,12,14-16,18H2,1-2H3,(H,26,30). The molecule has 2 heterocycles. The number of anilines is 2. The van der Waals surface area contributed by atoms with Crippen molar-refractivity contribution in [3.05, 3.63) is 54.7 Å². The zero-order valence-electron chi connectivity index (χ0n) is 18.7. The molecule has 0 saturated heterocycles. The van der Waals surface area contributed by atoms with Crippen molar-refractivity contribution in [1.82, 2.24) is 9.47 Å². The third-order valence-corrected chi connectivity index (χ3v) is 5.98. The third-order valence-electron chi connectivity index (χ3n) is 5.98. The monoisotopic (exact) mass is 434 g/mol. The van der Waals surface area contributed by atoms with Gasteiger partial charge in [-0.15, -0.1) is 0 Å². The lowest BCUT2D eigenvalue weighted by Crippen LogP contribution is -2.40. The molecule has 0 radical (unpaired) electrons. The van der Waals surface area contributed by atoms with Crippen molar-refractivity contribution in [1.29, 1.82) is 0 Å². The van der Waals surface area contributed by atoms with E-state index in [0.29, 0.717) is 18.0 Å². The Morgan fingerprint density at radius 3 is 2.72 bits per heavy atom. The lowest BCUT2D eigenvalue weighted by Gasteiger charge is -2.29. The van der Waals surface area contributed by atoms with Crippen molar-refractivity contribution < 1.29 is 14.3 Å². The first-order chi connectivity index (χ1) is 15.6. The first-order valence-electron chi connectivity index (χ1n) is 11.2. The average Bonchev–Trinajstić information content (AvgIpc) is 3.21. The fraction of sp³-hybridized carbons (Fsp3) is 0.360. The van der Waals surface area contributed by atoms with Crippen molar-refractivity contribution in [3.63, 3.8) is 0 Å². The average molecular weight is 435 g/mol. The molecule has 0 atom stereocenters. The summed E-state index contributed by atoms with van der Waals surface area (Å²) in [6, 6.07) is 15.5. The third kappa shape index (κ3) is 4.78. The number of para-hydroxylation sites is 2. The molecule has 0 bridgehead atoms. The molecule has 7 heteroatoms. The van der Waals surface area contributed by atoms with Gasteiger partial charge in [0.1, 0.15) is 5.75 Å². The van der Waals surface area contributed by atoms with E-state index in [1.165, 1.54) is 0 Å². The van der Waals surface area contributed by atoms with Crippen LogP contribution in [0.15, 0.2) is 54.7 Å². The summed E-state index contributed by atoms with van der Waals surface area (Å²) in [5.74, 6) is 0.412. The predicted molar refractivity (Wildman–Crippen MR) is 127 cm³/mol. The number of hydrogen-bond donors (Lipinski definition) is 1. The number of likely N-dealkylation sites (N-methyl/N-ethyl adjacent to an activating group) is 1. The number of fused-ring (bicyclic) bond motifs is 2. The lowest BCUT2D eigenvalue weighted by atomic mass is 10.2. The van der Waals surface area contributed by atoms with Crippen LogP contribution >= 0.6 is 0 Å². The molecule has 1 aliphatic heterocycles. The number of nitrogens with one attached hydrogen (secondary N) is 1. The zero-order chi connectivity index (χ0) is 22.5. The molecule has 1 aromatic heterocycles. The maximum Gasteiger partial charge on any atom is 0.265 e. The molecule has 0 saturated carbocycles. The second-order valence-electron chi connectivity index (χ2n) is 7.91.